The minimum Gasteiger partial charge on any atom is -0.496 e. The van der Waals surface area contributed by atoms with Crippen molar-refractivity contribution in [2.75, 3.05) is 19.5 Å². The second-order valence-electron chi connectivity index (χ2n) is 4.81. The van der Waals surface area contributed by atoms with Crippen LogP contribution in [-0.4, -0.2) is 20.3 Å². The predicted molar refractivity (Wildman–Crippen MR) is 86.6 cm³/mol. The number of carbonyl (C=O) groups excluding carboxylic acids is 1. The summed E-state index contributed by atoms with van der Waals surface area (Å²) >= 11 is 0. The highest BCUT2D eigenvalue weighted by molar-refractivity contribution is 5.89. The van der Waals surface area contributed by atoms with Gasteiger partial charge >= 0.3 is 6.03 Å². The Hall–Kier alpha value is -2.69. The molecule has 0 spiro atoms. The lowest BCUT2D eigenvalue weighted by Gasteiger charge is -2.14. The molecule has 5 nitrogen and oxygen atoms in total. The van der Waals surface area contributed by atoms with Crippen molar-refractivity contribution in [3.05, 3.63) is 53.6 Å². The van der Waals surface area contributed by atoms with Crippen LogP contribution in [-0.2, 0) is 6.54 Å². The van der Waals surface area contributed by atoms with E-state index in [1.807, 2.05) is 49.4 Å². The maximum Gasteiger partial charge on any atom is 0.319 e. The zero-order chi connectivity index (χ0) is 15.9. The molecule has 0 unspecified atom stereocenters. The van der Waals surface area contributed by atoms with Crippen molar-refractivity contribution in [1.29, 1.82) is 0 Å². The van der Waals surface area contributed by atoms with Gasteiger partial charge in [-0.15, -0.1) is 0 Å². The summed E-state index contributed by atoms with van der Waals surface area (Å²) in [4.78, 5) is 11.9. The van der Waals surface area contributed by atoms with Gasteiger partial charge in [0.05, 0.1) is 14.2 Å². The average Bonchev–Trinajstić information content (AvgIpc) is 2.54. The van der Waals surface area contributed by atoms with Crippen LogP contribution in [0.25, 0.3) is 0 Å². The van der Waals surface area contributed by atoms with Crippen LogP contribution in [0.2, 0.25) is 0 Å². The molecule has 0 heterocycles. The highest BCUT2D eigenvalue weighted by Gasteiger charge is 2.10. The monoisotopic (exact) mass is 300 g/mol. The average molecular weight is 300 g/mol. The van der Waals surface area contributed by atoms with E-state index in [9.17, 15) is 4.79 Å². The number of amides is 2. The molecule has 0 atom stereocenters. The Bertz CT molecular complexity index is 642. The van der Waals surface area contributed by atoms with Gasteiger partial charge in [0.15, 0.2) is 0 Å². The molecule has 2 aromatic rings. The van der Waals surface area contributed by atoms with Crippen molar-refractivity contribution in [3.8, 4) is 11.5 Å². The smallest absolute Gasteiger partial charge is 0.319 e. The zero-order valence-electron chi connectivity index (χ0n) is 13.0. The normalized spacial score (nSPS) is 9.95. The summed E-state index contributed by atoms with van der Waals surface area (Å²) in [6.07, 6.45) is 0. The van der Waals surface area contributed by atoms with Crippen molar-refractivity contribution < 1.29 is 14.3 Å². The van der Waals surface area contributed by atoms with Crippen LogP contribution in [0.15, 0.2) is 42.5 Å². The van der Waals surface area contributed by atoms with Gasteiger partial charge in [0.25, 0.3) is 0 Å². The molecule has 0 aliphatic heterocycles. The topological polar surface area (TPSA) is 59.6 Å². The first-order chi connectivity index (χ1) is 10.6. The Balaban J connectivity index is 2.03. The molecular weight excluding hydrogens is 280 g/mol. The number of ether oxygens (including phenoxy) is 2. The van der Waals surface area contributed by atoms with E-state index in [2.05, 4.69) is 10.6 Å². The largest absolute Gasteiger partial charge is 0.496 e. The zero-order valence-corrected chi connectivity index (χ0v) is 13.0. The Morgan fingerprint density at radius 1 is 1.05 bits per heavy atom. The van der Waals surface area contributed by atoms with E-state index in [4.69, 9.17) is 9.47 Å². The van der Waals surface area contributed by atoms with E-state index in [0.29, 0.717) is 6.54 Å². The summed E-state index contributed by atoms with van der Waals surface area (Å²) in [5.41, 5.74) is 2.58. The molecule has 5 heteroatoms. The molecule has 0 aromatic heterocycles. The number of hydrogen-bond donors (Lipinski definition) is 2. The number of carbonyl (C=O) groups is 1. The van der Waals surface area contributed by atoms with Gasteiger partial charge in [0.2, 0.25) is 0 Å². The van der Waals surface area contributed by atoms with Crippen molar-refractivity contribution in [2.45, 2.75) is 13.5 Å². The molecule has 0 fully saturated rings. The molecule has 0 saturated heterocycles. The molecule has 2 aromatic carbocycles. The van der Waals surface area contributed by atoms with Crippen LogP contribution in [0.5, 0.6) is 11.5 Å². The van der Waals surface area contributed by atoms with Gasteiger partial charge in [0, 0.05) is 17.8 Å². The SMILES string of the molecule is COc1cc(CNC(=O)Nc2ccccc2)c(OC)cc1C. The Morgan fingerprint density at radius 2 is 1.73 bits per heavy atom. The fraction of sp³-hybridized carbons (Fsp3) is 0.235. The Kier molecular flexibility index (Phi) is 5.25. The minimum atomic E-state index is -0.271. The number of urea groups is 1. The molecule has 0 aliphatic rings. The first-order valence-corrected chi connectivity index (χ1v) is 6.95. The van der Waals surface area contributed by atoms with Crippen molar-refractivity contribution >= 4 is 11.7 Å². The fourth-order valence-electron chi connectivity index (χ4n) is 2.12. The Labute approximate surface area is 130 Å². The second-order valence-corrected chi connectivity index (χ2v) is 4.81. The second kappa shape index (κ2) is 7.36. The van der Waals surface area contributed by atoms with Gasteiger partial charge in [-0.2, -0.15) is 0 Å². The fourth-order valence-corrected chi connectivity index (χ4v) is 2.12. The number of anilines is 1. The molecule has 0 bridgehead atoms. The molecule has 2 amide bonds. The van der Waals surface area contributed by atoms with E-state index in [-0.39, 0.29) is 6.03 Å². The summed E-state index contributed by atoms with van der Waals surface area (Å²) in [6.45, 7) is 2.29. The number of nitrogens with one attached hydrogen (secondary N) is 2. The lowest BCUT2D eigenvalue weighted by Crippen LogP contribution is -2.28. The van der Waals surface area contributed by atoms with Gasteiger partial charge in [-0.25, -0.2) is 4.79 Å². The van der Waals surface area contributed by atoms with E-state index in [0.717, 1.165) is 28.3 Å². The number of aryl methyl sites for hydroxylation is 1. The van der Waals surface area contributed by atoms with E-state index in [1.54, 1.807) is 14.2 Å². The highest BCUT2D eigenvalue weighted by Crippen LogP contribution is 2.28. The van der Waals surface area contributed by atoms with E-state index in [1.165, 1.54) is 0 Å². The number of para-hydroxylation sites is 1. The van der Waals surface area contributed by atoms with Crippen LogP contribution >= 0.6 is 0 Å². The van der Waals surface area contributed by atoms with Crippen LogP contribution in [0, 0.1) is 6.92 Å². The minimum absolute atomic E-state index is 0.271. The quantitative estimate of drug-likeness (QED) is 0.890. The molecule has 0 aliphatic carbocycles. The first-order valence-electron chi connectivity index (χ1n) is 6.95. The first kappa shape index (κ1) is 15.7. The number of hydrogen-bond acceptors (Lipinski definition) is 3. The van der Waals surface area contributed by atoms with Crippen LogP contribution < -0.4 is 20.1 Å². The van der Waals surface area contributed by atoms with Gasteiger partial charge < -0.3 is 20.1 Å². The number of methoxy groups -OCH3 is 2. The van der Waals surface area contributed by atoms with Crippen molar-refractivity contribution in [3.63, 3.8) is 0 Å². The van der Waals surface area contributed by atoms with E-state index >= 15 is 0 Å². The van der Waals surface area contributed by atoms with E-state index < -0.39 is 0 Å². The number of rotatable bonds is 5. The molecule has 2 N–H and O–H groups in total. The van der Waals surface area contributed by atoms with Crippen LogP contribution in [0.4, 0.5) is 10.5 Å². The maximum atomic E-state index is 11.9. The standard InChI is InChI=1S/C17H20N2O3/c1-12-9-16(22-3)13(10-15(12)21-2)11-18-17(20)19-14-7-5-4-6-8-14/h4-10H,11H2,1-3H3,(H2,18,19,20). The molecule has 0 radical (unpaired) electrons. The van der Waals surface area contributed by atoms with Crippen LogP contribution in [0.1, 0.15) is 11.1 Å². The molecule has 2 rings (SSSR count). The molecule has 0 saturated carbocycles. The Morgan fingerprint density at radius 3 is 2.36 bits per heavy atom. The third-order valence-electron chi connectivity index (χ3n) is 3.27. The van der Waals surface area contributed by atoms with Gasteiger partial charge in [-0.05, 0) is 36.8 Å². The molecular formula is C17H20N2O3. The summed E-state index contributed by atoms with van der Waals surface area (Å²) in [5, 5.41) is 5.57. The molecule has 116 valence electrons. The maximum absolute atomic E-state index is 11.9. The molecule has 22 heavy (non-hydrogen) atoms. The summed E-state index contributed by atoms with van der Waals surface area (Å²) in [7, 11) is 3.23. The highest BCUT2D eigenvalue weighted by atomic mass is 16.5. The summed E-state index contributed by atoms with van der Waals surface area (Å²) in [6, 6.07) is 12.8. The van der Waals surface area contributed by atoms with Gasteiger partial charge in [-0.3, -0.25) is 0 Å². The lowest BCUT2D eigenvalue weighted by atomic mass is 10.1. The lowest BCUT2D eigenvalue weighted by molar-refractivity contribution is 0.251. The number of benzene rings is 2. The van der Waals surface area contributed by atoms with Crippen molar-refractivity contribution in [1.82, 2.24) is 5.32 Å². The predicted octanol–water partition coefficient (Wildman–Crippen LogP) is 3.33. The van der Waals surface area contributed by atoms with Gasteiger partial charge in [0.1, 0.15) is 11.5 Å². The third-order valence-corrected chi connectivity index (χ3v) is 3.27. The van der Waals surface area contributed by atoms with Crippen LogP contribution in [0.3, 0.4) is 0 Å². The third kappa shape index (κ3) is 3.91. The van der Waals surface area contributed by atoms with Gasteiger partial charge in [-0.1, -0.05) is 18.2 Å². The summed E-state index contributed by atoms with van der Waals surface area (Å²) in [5.74, 6) is 1.49. The van der Waals surface area contributed by atoms with Crippen molar-refractivity contribution in [2.24, 2.45) is 0 Å². The summed E-state index contributed by atoms with van der Waals surface area (Å²) < 4.78 is 10.7.